The Morgan fingerprint density at radius 1 is 0.525 bits per heavy atom. The summed E-state index contributed by atoms with van der Waals surface area (Å²) in [5.41, 5.74) is 2.19. The van der Waals surface area contributed by atoms with Crippen molar-refractivity contribution in [1.29, 1.82) is 21.0 Å². The number of rotatable bonds is 0. The van der Waals surface area contributed by atoms with E-state index < -0.39 is 0 Å². The molecule has 0 aliphatic heterocycles. The first-order valence-electron chi connectivity index (χ1n) is 11.9. The normalized spacial score (nSPS) is 11.6. The van der Waals surface area contributed by atoms with Gasteiger partial charge in [-0.1, -0.05) is 0 Å². The Labute approximate surface area is 221 Å². The van der Waals surface area contributed by atoms with E-state index in [1.165, 1.54) is 33.1 Å². The summed E-state index contributed by atoms with van der Waals surface area (Å²) >= 11 is 0. The third-order valence-corrected chi connectivity index (χ3v) is 7.58. The molecule has 0 aliphatic rings. The molecule has 0 atom stereocenters. The average molecular weight is 512 g/mol. The average Bonchev–Trinajstić information content (AvgIpc) is 3.55. The van der Waals surface area contributed by atoms with Crippen molar-refractivity contribution in [2.24, 2.45) is 0 Å². The van der Waals surface area contributed by atoms with E-state index in [4.69, 9.17) is 0 Å². The molecule has 4 aromatic heterocycles. The number of fused-ring (bicyclic) bond motifs is 8. The Hall–Kier alpha value is -6.62. The molecule has 8 aromatic rings. The lowest BCUT2D eigenvalue weighted by Gasteiger charge is -2.12. The molecule has 4 heterocycles. The smallest absolute Gasteiger partial charge is 0.264 e. The lowest BCUT2D eigenvalue weighted by Crippen LogP contribution is -2.16. The molecule has 0 radical (unpaired) electrons. The van der Waals surface area contributed by atoms with Crippen LogP contribution in [-0.4, -0.2) is 18.8 Å². The van der Waals surface area contributed by atoms with Gasteiger partial charge in [0, 0.05) is 32.3 Å². The van der Waals surface area contributed by atoms with Crippen LogP contribution >= 0.6 is 0 Å². The van der Waals surface area contributed by atoms with Crippen LogP contribution in [0.3, 0.4) is 0 Å². The molecule has 0 fully saturated rings. The minimum Gasteiger partial charge on any atom is -0.268 e. The van der Waals surface area contributed by atoms with Gasteiger partial charge in [-0.05, 0) is 48.5 Å². The zero-order valence-corrected chi connectivity index (χ0v) is 20.0. The number of pyridine rings is 2. The van der Waals surface area contributed by atoms with Crippen molar-refractivity contribution < 1.29 is 0 Å². The molecule has 0 amide bonds. The predicted octanol–water partition coefficient (Wildman–Crippen LogP) is 3.83. The summed E-state index contributed by atoms with van der Waals surface area (Å²) in [4.78, 5) is 37.1. The zero-order valence-electron chi connectivity index (χ0n) is 20.0. The molecule has 0 saturated heterocycles. The molecule has 0 saturated carbocycles. The van der Waals surface area contributed by atoms with E-state index in [-0.39, 0.29) is 33.4 Å². The summed E-state index contributed by atoms with van der Waals surface area (Å²) in [5.74, 6) is 0. The summed E-state index contributed by atoms with van der Waals surface area (Å²) in [6.07, 6.45) is 0. The lowest BCUT2D eigenvalue weighted by molar-refractivity contribution is 1.18. The predicted molar refractivity (Wildman–Crippen MR) is 145 cm³/mol. The Bertz CT molecular complexity index is 2600. The number of imidazole rings is 2. The molecule has 40 heavy (non-hydrogen) atoms. The fourth-order valence-corrected chi connectivity index (χ4v) is 5.86. The molecule has 0 spiro atoms. The molecule has 10 nitrogen and oxygen atoms in total. The second kappa shape index (κ2) is 7.02. The maximum atomic E-state index is 13.9. The number of nitrogens with zero attached hydrogens (tertiary/aromatic N) is 8. The summed E-state index contributed by atoms with van der Waals surface area (Å²) in [5, 5.41) is 41.1. The molecule has 0 bridgehead atoms. The maximum Gasteiger partial charge on any atom is 0.264 e. The van der Waals surface area contributed by atoms with Crippen LogP contribution in [0.5, 0.6) is 0 Å². The van der Waals surface area contributed by atoms with Crippen molar-refractivity contribution in [3.63, 3.8) is 0 Å². The van der Waals surface area contributed by atoms with Crippen molar-refractivity contribution >= 4 is 65.7 Å². The van der Waals surface area contributed by atoms with Crippen LogP contribution < -0.4 is 11.1 Å². The van der Waals surface area contributed by atoms with Gasteiger partial charge in [0.1, 0.15) is 35.6 Å². The van der Waals surface area contributed by atoms with Crippen LogP contribution in [0.4, 0.5) is 0 Å². The van der Waals surface area contributed by atoms with E-state index in [1.807, 2.05) is 24.3 Å². The zero-order chi connectivity index (χ0) is 27.4. The second-order valence-corrected chi connectivity index (χ2v) is 9.44. The van der Waals surface area contributed by atoms with Gasteiger partial charge in [-0.25, -0.2) is 9.97 Å². The second-order valence-electron chi connectivity index (χ2n) is 9.44. The Morgan fingerprint density at radius 2 is 0.875 bits per heavy atom. The molecule has 10 heteroatoms. The first kappa shape index (κ1) is 21.5. The molecular formula is C30H8N8O2. The van der Waals surface area contributed by atoms with Crippen LogP contribution in [0.1, 0.15) is 22.3 Å². The summed E-state index contributed by atoms with van der Waals surface area (Å²) in [7, 11) is 0. The number of hydrogen-bond donors (Lipinski definition) is 0. The van der Waals surface area contributed by atoms with Gasteiger partial charge >= 0.3 is 0 Å². The monoisotopic (exact) mass is 512 g/mol. The molecule has 180 valence electrons. The summed E-state index contributed by atoms with van der Waals surface area (Å²) < 4.78 is 2.87. The molecule has 8 rings (SSSR count). The number of nitriles is 4. The van der Waals surface area contributed by atoms with Gasteiger partial charge in [-0.3, -0.25) is 18.4 Å². The Morgan fingerprint density at radius 3 is 1.25 bits per heavy atom. The molecule has 0 unspecified atom stereocenters. The van der Waals surface area contributed by atoms with Gasteiger partial charge in [-0.2, -0.15) is 21.0 Å². The van der Waals surface area contributed by atoms with Crippen molar-refractivity contribution in [3.8, 4) is 24.3 Å². The molecule has 4 aromatic carbocycles. The maximum absolute atomic E-state index is 13.9. The lowest BCUT2D eigenvalue weighted by atomic mass is 9.96. The van der Waals surface area contributed by atoms with E-state index in [9.17, 15) is 30.6 Å². The highest BCUT2D eigenvalue weighted by atomic mass is 16.1. The van der Waals surface area contributed by atoms with Crippen LogP contribution in [0.2, 0.25) is 0 Å². The van der Waals surface area contributed by atoms with Gasteiger partial charge < -0.3 is 0 Å². The van der Waals surface area contributed by atoms with E-state index in [0.29, 0.717) is 65.7 Å². The van der Waals surface area contributed by atoms with Gasteiger partial charge in [-0.15, -0.1) is 0 Å². The number of benzene rings is 4. The fourth-order valence-electron chi connectivity index (χ4n) is 5.86. The molecular weight excluding hydrogens is 504 g/mol. The minimum absolute atomic E-state index is 0.144. The van der Waals surface area contributed by atoms with Crippen molar-refractivity contribution in [2.75, 3.05) is 0 Å². The highest BCUT2D eigenvalue weighted by Crippen LogP contribution is 2.37. The summed E-state index contributed by atoms with van der Waals surface area (Å²) in [6.45, 7) is 0. The first-order valence-corrected chi connectivity index (χ1v) is 11.9. The summed E-state index contributed by atoms with van der Waals surface area (Å²) in [6, 6.07) is 20.8. The van der Waals surface area contributed by atoms with E-state index in [1.54, 1.807) is 24.3 Å². The van der Waals surface area contributed by atoms with Gasteiger partial charge in [0.05, 0.1) is 44.3 Å². The Balaban J connectivity index is 1.61. The van der Waals surface area contributed by atoms with Gasteiger partial charge in [0.15, 0.2) is 0 Å². The van der Waals surface area contributed by atoms with E-state index in [2.05, 4.69) is 9.97 Å². The van der Waals surface area contributed by atoms with Crippen molar-refractivity contribution in [1.82, 2.24) is 18.8 Å². The van der Waals surface area contributed by atoms with Crippen molar-refractivity contribution in [2.45, 2.75) is 0 Å². The van der Waals surface area contributed by atoms with Gasteiger partial charge in [0.25, 0.3) is 11.1 Å². The quantitative estimate of drug-likeness (QED) is 0.277. The van der Waals surface area contributed by atoms with Crippen molar-refractivity contribution in [3.05, 3.63) is 91.5 Å². The standard InChI is InChI=1S/C30H8N8O2/c31-9-13-5-21-23(7-15(13)11-33)37-27(35-21)17-1-3-19-26-18(2-4-20(25(17)26)30(37)40)28-36-22-6-14(10-32)16(12-34)8-24(22)38(28)29(19)39/h1-8H. The SMILES string of the molecule is N#Cc1cc2nc3c4ccc5c(=O)n6c7cc(C#N)c(C#N)cc7nc6c6ccc(c(=O)n3c2cc1C#N)c4c56. The fraction of sp³-hybridized carbons (Fsp3) is 0. The van der Waals surface area contributed by atoms with Crippen LogP contribution in [0, 0.1) is 45.3 Å². The molecule has 0 N–H and O–H groups in total. The third kappa shape index (κ3) is 2.33. The highest BCUT2D eigenvalue weighted by Gasteiger charge is 2.23. The first-order chi connectivity index (χ1) is 19.5. The van der Waals surface area contributed by atoms with Crippen LogP contribution in [-0.2, 0) is 0 Å². The van der Waals surface area contributed by atoms with E-state index >= 15 is 0 Å². The third-order valence-electron chi connectivity index (χ3n) is 7.58. The largest absolute Gasteiger partial charge is 0.268 e. The Kier molecular flexibility index (Phi) is 3.77. The van der Waals surface area contributed by atoms with E-state index in [0.717, 1.165) is 0 Å². The highest BCUT2D eigenvalue weighted by molar-refractivity contribution is 6.27. The topological polar surface area (TPSA) is 164 Å². The molecule has 0 aliphatic carbocycles. The number of hydrogen-bond acceptors (Lipinski definition) is 8. The minimum atomic E-state index is -0.369. The van der Waals surface area contributed by atoms with Gasteiger partial charge in [0.2, 0.25) is 0 Å². The number of aromatic nitrogens is 4. The van der Waals surface area contributed by atoms with Crippen LogP contribution in [0.15, 0.2) is 58.1 Å². The van der Waals surface area contributed by atoms with Crippen LogP contribution in [0.25, 0.3) is 65.7 Å².